The lowest BCUT2D eigenvalue weighted by Crippen LogP contribution is -2.40. The van der Waals surface area contributed by atoms with Gasteiger partial charge in [0.1, 0.15) is 11.9 Å². The number of ether oxygens (including phenoxy) is 1. The number of aryl methyl sites for hydroxylation is 2. The van der Waals surface area contributed by atoms with Gasteiger partial charge in [0, 0.05) is 31.4 Å². The minimum Gasteiger partial charge on any atom is -0.368 e. The number of imidazole rings is 1. The first-order valence-electron chi connectivity index (χ1n) is 6.84. The second-order valence-corrected chi connectivity index (χ2v) is 5.89. The summed E-state index contributed by atoms with van der Waals surface area (Å²) in [5.74, 6) is 0.838. The van der Waals surface area contributed by atoms with Crippen molar-refractivity contribution in [2.75, 3.05) is 11.9 Å². The molecule has 0 unspecified atom stereocenters. The lowest BCUT2D eigenvalue weighted by Gasteiger charge is -2.19. The average molecular weight is 306 g/mol. The third kappa shape index (κ3) is 2.93. The molecule has 1 aliphatic heterocycles. The van der Waals surface area contributed by atoms with Gasteiger partial charge >= 0.3 is 6.03 Å². The molecule has 0 aromatic carbocycles. The highest BCUT2D eigenvalue weighted by molar-refractivity contribution is 7.08. The topological polar surface area (TPSA) is 68.2 Å². The Labute approximate surface area is 127 Å². The summed E-state index contributed by atoms with van der Waals surface area (Å²) in [6, 6.07) is -0.267. The number of amides is 2. The van der Waals surface area contributed by atoms with E-state index in [1.807, 2.05) is 35.5 Å². The maximum Gasteiger partial charge on any atom is 0.319 e. The van der Waals surface area contributed by atoms with Gasteiger partial charge in [0.2, 0.25) is 0 Å². The third-order valence-corrected chi connectivity index (χ3v) is 4.49. The first-order valence-corrected chi connectivity index (χ1v) is 7.78. The summed E-state index contributed by atoms with van der Waals surface area (Å²) in [5.41, 5.74) is 1.92. The minimum atomic E-state index is -0.203. The van der Waals surface area contributed by atoms with Crippen LogP contribution in [0.2, 0.25) is 0 Å². The van der Waals surface area contributed by atoms with E-state index in [2.05, 4.69) is 15.6 Å². The molecule has 2 atom stereocenters. The molecule has 2 aromatic heterocycles. The van der Waals surface area contributed by atoms with Crippen molar-refractivity contribution in [2.45, 2.75) is 25.5 Å². The summed E-state index contributed by atoms with van der Waals surface area (Å²) < 4.78 is 7.65. The molecule has 2 amide bonds. The number of urea groups is 1. The summed E-state index contributed by atoms with van der Waals surface area (Å²) in [6.45, 7) is 2.60. The van der Waals surface area contributed by atoms with E-state index in [0.29, 0.717) is 6.61 Å². The molecular formula is C14H18N4O2S. The van der Waals surface area contributed by atoms with Crippen molar-refractivity contribution < 1.29 is 9.53 Å². The van der Waals surface area contributed by atoms with Crippen LogP contribution in [-0.4, -0.2) is 28.2 Å². The van der Waals surface area contributed by atoms with Crippen LogP contribution < -0.4 is 10.6 Å². The number of carbonyl (C=O) groups excluding carboxylic acids is 1. The predicted molar refractivity (Wildman–Crippen MR) is 81.5 cm³/mol. The van der Waals surface area contributed by atoms with Crippen molar-refractivity contribution in [2.24, 2.45) is 7.05 Å². The maximum atomic E-state index is 12.1. The number of thiophene rings is 1. The molecule has 112 valence electrons. The summed E-state index contributed by atoms with van der Waals surface area (Å²) in [6.07, 6.45) is 4.21. The number of nitrogens with zero attached hydrogens (tertiary/aromatic N) is 2. The molecule has 1 aliphatic rings. The normalized spacial score (nSPS) is 21.4. The first-order chi connectivity index (χ1) is 10.1. The quantitative estimate of drug-likeness (QED) is 0.915. The fourth-order valence-corrected chi connectivity index (χ4v) is 3.24. The highest BCUT2D eigenvalue weighted by Crippen LogP contribution is 2.28. The van der Waals surface area contributed by atoms with Crippen LogP contribution in [0, 0.1) is 6.92 Å². The Kier molecular flexibility index (Phi) is 3.94. The van der Waals surface area contributed by atoms with Crippen LogP contribution in [0.4, 0.5) is 10.5 Å². The SMILES string of the molecule is Cc1cscc1NC(=O)N[C@H]1CCO[C@@H]1c1nccn1C. The van der Waals surface area contributed by atoms with E-state index in [4.69, 9.17) is 4.74 Å². The molecule has 3 rings (SSSR count). The van der Waals surface area contributed by atoms with Gasteiger partial charge in [-0.1, -0.05) is 0 Å². The van der Waals surface area contributed by atoms with E-state index in [1.54, 1.807) is 17.5 Å². The first kappa shape index (κ1) is 14.1. The fraction of sp³-hybridized carbons (Fsp3) is 0.429. The van der Waals surface area contributed by atoms with Gasteiger partial charge in [0.05, 0.1) is 11.7 Å². The van der Waals surface area contributed by atoms with Crippen molar-refractivity contribution in [1.29, 1.82) is 0 Å². The monoisotopic (exact) mass is 306 g/mol. The molecular weight excluding hydrogens is 288 g/mol. The van der Waals surface area contributed by atoms with Crippen LogP contribution in [0.3, 0.4) is 0 Å². The zero-order valence-corrected chi connectivity index (χ0v) is 12.8. The van der Waals surface area contributed by atoms with Gasteiger partial charge < -0.3 is 19.9 Å². The van der Waals surface area contributed by atoms with E-state index in [-0.39, 0.29) is 18.2 Å². The maximum absolute atomic E-state index is 12.1. The third-order valence-electron chi connectivity index (χ3n) is 3.62. The second kappa shape index (κ2) is 5.87. The molecule has 1 saturated heterocycles. The minimum absolute atomic E-state index is 0.0648. The molecule has 1 fully saturated rings. The summed E-state index contributed by atoms with van der Waals surface area (Å²) in [7, 11) is 1.93. The Morgan fingerprint density at radius 1 is 1.52 bits per heavy atom. The van der Waals surface area contributed by atoms with Crippen LogP contribution >= 0.6 is 11.3 Å². The lowest BCUT2D eigenvalue weighted by atomic mass is 10.1. The Morgan fingerprint density at radius 3 is 3.05 bits per heavy atom. The number of anilines is 1. The molecule has 0 aliphatic carbocycles. The molecule has 2 N–H and O–H groups in total. The fourth-order valence-electron chi connectivity index (χ4n) is 2.46. The predicted octanol–water partition coefficient (Wildman–Crippen LogP) is 2.44. The summed E-state index contributed by atoms with van der Waals surface area (Å²) in [4.78, 5) is 16.4. The van der Waals surface area contributed by atoms with Gasteiger partial charge in [-0.2, -0.15) is 0 Å². The van der Waals surface area contributed by atoms with E-state index in [1.165, 1.54) is 0 Å². The molecule has 0 spiro atoms. The van der Waals surface area contributed by atoms with Gasteiger partial charge in [-0.05, 0) is 24.3 Å². The number of hydrogen-bond donors (Lipinski definition) is 2. The van der Waals surface area contributed by atoms with Crippen molar-refractivity contribution in [3.8, 4) is 0 Å². The lowest BCUT2D eigenvalue weighted by molar-refractivity contribution is 0.0913. The zero-order valence-electron chi connectivity index (χ0n) is 12.0. The van der Waals surface area contributed by atoms with E-state index in [0.717, 1.165) is 23.5 Å². The van der Waals surface area contributed by atoms with Crippen molar-refractivity contribution in [1.82, 2.24) is 14.9 Å². The van der Waals surface area contributed by atoms with E-state index in [9.17, 15) is 4.79 Å². The number of carbonyl (C=O) groups is 1. The molecule has 0 saturated carbocycles. The molecule has 3 heterocycles. The number of aromatic nitrogens is 2. The molecule has 0 radical (unpaired) electrons. The molecule has 21 heavy (non-hydrogen) atoms. The zero-order chi connectivity index (χ0) is 14.8. The number of rotatable bonds is 3. The van der Waals surface area contributed by atoms with Gasteiger partial charge in [0.15, 0.2) is 0 Å². The van der Waals surface area contributed by atoms with Gasteiger partial charge in [-0.15, -0.1) is 11.3 Å². The summed E-state index contributed by atoms with van der Waals surface area (Å²) >= 11 is 1.57. The van der Waals surface area contributed by atoms with Gasteiger partial charge in [-0.25, -0.2) is 9.78 Å². The molecule has 7 heteroatoms. The van der Waals surface area contributed by atoms with Crippen LogP contribution in [-0.2, 0) is 11.8 Å². The Balaban J connectivity index is 1.65. The highest BCUT2D eigenvalue weighted by Gasteiger charge is 2.33. The van der Waals surface area contributed by atoms with Crippen LogP contribution in [0.1, 0.15) is 23.9 Å². The van der Waals surface area contributed by atoms with Crippen molar-refractivity contribution in [3.05, 3.63) is 34.5 Å². The van der Waals surface area contributed by atoms with Gasteiger partial charge in [0.25, 0.3) is 0 Å². The molecule has 0 bridgehead atoms. The Bertz CT molecular complexity index is 636. The Morgan fingerprint density at radius 2 is 2.38 bits per heavy atom. The van der Waals surface area contributed by atoms with E-state index >= 15 is 0 Å². The smallest absolute Gasteiger partial charge is 0.319 e. The van der Waals surface area contributed by atoms with Crippen molar-refractivity contribution in [3.63, 3.8) is 0 Å². The van der Waals surface area contributed by atoms with Crippen molar-refractivity contribution >= 4 is 23.1 Å². The molecule has 2 aromatic rings. The standard InChI is InChI=1S/C14H18N4O2S/c1-9-7-21-8-11(9)17-14(19)16-10-3-6-20-12(10)13-15-4-5-18(13)2/h4-5,7-8,10,12H,3,6H2,1-2H3,(H2,16,17,19)/t10-,12-/m0/s1. The van der Waals surface area contributed by atoms with Crippen LogP contribution in [0.25, 0.3) is 0 Å². The van der Waals surface area contributed by atoms with Gasteiger partial charge in [-0.3, -0.25) is 0 Å². The summed E-state index contributed by atoms with van der Waals surface area (Å²) in [5, 5.41) is 9.79. The second-order valence-electron chi connectivity index (χ2n) is 5.15. The largest absolute Gasteiger partial charge is 0.368 e. The van der Waals surface area contributed by atoms with E-state index < -0.39 is 0 Å². The average Bonchev–Trinajstić information content (AvgIpc) is 3.13. The van der Waals surface area contributed by atoms with Crippen LogP contribution in [0.5, 0.6) is 0 Å². The van der Waals surface area contributed by atoms with Crippen LogP contribution in [0.15, 0.2) is 23.2 Å². The highest BCUT2D eigenvalue weighted by atomic mass is 32.1. The molecule has 6 nitrogen and oxygen atoms in total. The number of hydrogen-bond acceptors (Lipinski definition) is 4. The Hall–Kier alpha value is -1.86. The number of nitrogens with one attached hydrogen (secondary N) is 2.